The predicted molar refractivity (Wildman–Crippen MR) is 99.7 cm³/mol. The number of aliphatic carboxylic acids is 1. The maximum Gasteiger partial charge on any atom is 0.334 e. The second kappa shape index (κ2) is 7.18. The van der Waals surface area contributed by atoms with Crippen molar-refractivity contribution < 1.29 is 19.4 Å². The molecule has 1 unspecified atom stereocenters. The van der Waals surface area contributed by atoms with Crippen molar-refractivity contribution in [2.45, 2.75) is 83.2 Å². The summed E-state index contributed by atoms with van der Waals surface area (Å²) in [5.74, 6) is 1.73. The molecule has 4 aliphatic carbocycles. The zero-order valence-corrected chi connectivity index (χ0v) is 16.2. The Morgan fingerprint density at radius 3 is 2.27 bits per heavy atom. The quantitative estimate of drug-likeness (QED) is 0.467. The molecule has 0 aromatic carbocycles. The molecule has 0 aromatic rings. The highest BCUT2D eigenvalue weighted by atomic mass is 16.6. The number of hydrogen-bond acceptors (Lipinski definition) is 3. The molecule has 5 fully saturated rings. The van der Waals surface area contributed by atoms with E-state index >= 15 is 0 Å². The monoisotopic (exact) mass is 362 g/mol. The third-order valence-corrected chi connectivity index (χ3v) is 7.53. The van der Waals surface area contributed by atoms with Crippen molar-refractivity contribution in [3.8, 4) is 0 Å². The van der Waals surface area contributed by atoms with Crippen LogP contribution in [0.5, 0.6) is 0 Å². The molecule has 0 aromatic heterocycles. The average molecular weight is 363 g/mol. The minimum Gasteiger partial charge on any atom is -0.498 e. The Balaban J connectivity index is 1.38. The third kappa shape index (κ3) is 3.67. The van der Waals surface area contributed by atoms with Crippen LogP contribution < -0.4 is 0 Å². The van der Waals surface area contributed by atoms with E-state index in [1.165, 1.54) is 38.5 Å². The van der Waals surface area contributed by atoms with Gasteiger partial charge < -0.3 is 14.6 Å². The zero-order chi connectivity index (χ0) is 18.2. The van der Waals surface area contributed by atoms with Crippen molar-refractivity contribution in [2.24, 2.45) is 23.2 Å². The lowest BCUT2D eigenvalue weighted by Crippen LogP contribution is -2.47. The van der Waals surface area contributed by atoms with Crippen LogP contribution in [0.4, 0.5) is 0 Å². The normalized spacial score (nSPS) is 41.1. The summed E-state index contributed by atoms with van der Waals surface area (Å²) < 4.78 is 11.6. The lowest BCUT2D eigenvalue weighted by atomic mass is 9.48. The molecule has 5 rings (SSSR count). The van der Waals surface area contributed by atoms with Crippen molar-refractivity contribution in [3.63, 3.8) is 0 Å². The van der Waals surface area contributed by atoms with Crippen LogP contribution in [0, 0.1) is 23.2 Å². The first-order valence-electron chi connectivity index (χ1n) is 10.7. The average Bonchev–Trinajstić information content (AvgIpc) is 2.54. The van der Waals surface area contributed by atoms with Gasteiger partial charge in [-0.1, -0.05) is 19.8 Å². The third-order valence-electron chi connectivity index (χ3n) is 7.53. The topological polar surface area (TPSA) is 55.8 Å². The van der Waals surface area contributed by atoms with Crippen LogP contribution in [0.1, 0.15) is 77.6 Å². The second-order valence-electron chi connectivity index (χ2n) is 9.74. The molecule has 0 radical (unpaired) electrons. The first-order valence-corrected chi connectivity index (χ1v) is 10.7. The summed E-state index contributed by atoms with van der Waals surface area (Å²) in [5, 5.41) is 9.74. The van der Waals surface area contributed by atoms with Gasteiger partial charge in [-0.25, -0.2) is 4.79 Å². The van der Waals surface area contributed by atoms with E-state index in [1.807, 2.05) is 0 Å². The molecule has 0 spiro atoms. The van der Waals surface area contributed by atoms with Gasteiger partial charge in [-0.15, -0.1) is 0 Å². The SMILES string of the molecule is CCCCC1(COC=C(CC23CC4CC(CC(C4)C2)C3)C(=O)O)CCO1. The van der Waals surface area contributed by atoms with E-state index in [9.17, 15) is 9.90 Å². The van der Waals surface area contributed by atoms with Crippen molar-refractivity contribution in [1.82, 2.24) is 0 Å². The molecule has 0 amide bonds. The minimum absolute atomic E-state index is 0.170. The van der Waals surface area contributed by atoms with E-state index < -0.39 is 5.97 Å². The van der Waals surface area contributed by atoms with Gasteiger partial charge in [0.25, 0.3) is 0 Å². The maximum absolute atomic E-state index is 11.9. The van der Waals surface area contributed by atoms with Crippen LogP contribution in [-0.4, -0.2) is 29.9 Å². The van der Waals surface area contributed by atoms with Crippen LogP contribution in [0.2, 0.25) is 0 Å². The molecular formula is C22H34O4. The van der Waals surface area contributed by atoms with Gasteiger partial charge >= 0.3 is 5.97 Å². The van der Waals surface area contributed by atoms with E-state index in [-0.39, 0.29) is 11.0 Å². The molecule has 26 heavy (non-hydrogen) atoms. The highest BCUT2D eigenvalue weighted by molar-refractivity contribution is 5.86. The second-order valence-corrected chi connectivity index (χ2v) is 9.74. The first-order chi connectivity index (χ1) is 12.5. The van der Waals surface area contributed by atoms with Gasteiger partial charge in [0.2, 0.25) is 0 Å². The lowest BCUT2D eigenvalue weighted by Gasteiger charge is -2.57. The Kier molecular flexibility index (Phi) is 5.06. The molecule has 1 atom stereocenters. The zero-order valence-electron chi connectivity index (χ0n) is 16.2. The summed E-state index contributed by atoms with van der Waals surface area (Å²) in [6.45, 7) is 3.47. The Hall–Kier alpha value is -1.03. The van der Waals surface area contributed by atoms with Gasteiger partial charge in [0.15, 0.2) is 0 Å². The lowest BCUT2D eigenvalue weighted by molar-refractivity contribution is -0.176. The molecule has 4 nitrogen and oxygen atoms in total. The van der Waals surface area contributed by atoms with Gasteiger partial charge in [0, 0.05) is 6.42 Å². The molecule has 4 heteroatoms. The standard InChI is InChI=1S/C22H34O4/c1-2-3-4-22(5-6-26-22)15-25-14-19(20(23)24)13-21-10-16-7-17(11-21)9-18(8-16)12-21/h14,16-18H,2-13,15H2,1H3,(H,23,24). The van der Waals surface area contributed by atoms with Crippen LogP contribution in [0.25, 0.3) is 0 Å². The summed E-state index contributed by atoms with van der Waals surface area (Å²) in [5.41, 5.74) is 0.531. The molecular weight excluding hydrogens is 328 g/mol. The van der Waals surface area contributed by atoms with E-state index in [2.05, 4.69) is 6.92 Å². The largest absolute Gasteiger partial charge is 0.498 e. The van der Waals surface area contributed by atoms with Crippen molar-refractivity contribution in [1.29, 1.82) is 0 Å². The Labute approximate surface area is 157 Å². The maximum atomic E-state index is 11.9. The number of carboxylic acids is 1. The fourth-order valence-corrected chi connectivity index (χ4v) is 6.65. The summed E-state index contributed by atoms with van der Waals surface area (Å²) >= 11 is 0. The minimum atomic E-state index is -0.808. The molecule has 4 saturated carbocycles. The fraction of sp³-hybridized carbons (Fsp3) is 0.864. The number of unbranched alkanes of at least 4 members (excludes halogenated alkanes) is 1. The molecule has 1 N–H and O–H groups in total. The number of carboxylic acid groups (broad SMARTS) is 1. The van der Waals surface area contributed by atoms with Crippen LogP contribution in [0.3, 0.4) is 0 Å². The van der Waals surface area contributed by atoms with E-state index in [1.54, 1.807) is 6.26 Å². The van der Waals surface area contributed by atoms with Gasteiger partial charge in [-0.3, -0.25) is 0 Å². The van der Waals surface area contributed by atoms with Gasteiger partial charge in [0.1, 0.15) is 12.2 Å². The van der Waals surface area contributed by atoms with Crippen molar-refractivity contribution in [2.75, 3.05) is 13.2 Å². The summed E-state index contributed by atoms with van der Waals surface area (Å²) in [4.78, 5) is 11.9. The van der Waals surface area contributed by atoms with Gasteiger partial charge in [-0.2, -0.15) is 0 Å². The molecule has 1 heterocycles. The van der Waals surface area contributed by atoms with E-state index in [0.717, 1.165) is 50.0 Å². The van der Waals surface area contributed by atoms with Crippen molar-refractivity contribution >= 4 is 5.97 Å². The highest BCUT2D eigenvalue weighted by Gasteiger charge is 2.51. The predicted octanol–water partition coefficient (Wildman–Crippen LogP) is 4.93. The van der Waals surface area contributed by atoms with Crippen LogP contribution in [-0.2, 0) is 14.3 Å². The number of rotatable bonds is 9. The van der Waals surface area contributed by atoms with E-state index in [0.29, 0.717) is 18.6 Å². The molecule has 146 valence electrons. The highest BCUT2D eigenvalue weighted by Crippen LogP contribution is 2.62. The number of ether oxygens (including phenoxy) is 2. The van der Waals surface area contributed by atoms with Crippen LogP contribution in [0.15, 0.2) is 11.8 Å². The Morgan fingerprint density at radius 2 is 1.81 bits per heavy atom. The van der Waals surface area contributed by atoms with Crippen molar-refractivity contribution in [3.05, 3.63) is 11.8 Å². The van der Waals surface area contributed by atoms with Gasteiger partial charge in [-0.05, 0) is 74.5 Å². The number of hydrogen-bond donors (Lipinski definition) is 1. The smallest absolute Gasteiger partial charge is 0.334 e. The fourth-order valence-electron chi connectivity index (χ4n) is 6.65. The van der Waals surface area contributed by atoms with Crippen LogP contribution >= 0.6 is 0 Å². The Morgan fingerprint density at radius 1 is 1.19 bits per heavy atom. The summed E-state index contributed by atoms with van der Waals surface area (Å²) in [6, 6.07) is 0. The van der Waals surface area contributed by atoms with Gasteiger partial charge in [0.05, 0.1) is 18.4 Å². The molecule has 1 saturated heterocycles. The molecule has 4 bridgehead atoms. The molecule has 1 aliphatic heterocycles. The first kappa shape index (κ1) is 18.3. The summed E-state index contributed by atoms with van der Waals surface area (Å²) in [7, 11) is 0. The summed E-state index contributed by atoms with van der Waals surface area (Å²) in [6.07, 6.45) is 14.4. The Bertz CT molecular complexity index is 525. The molecule has 5 aliphatic rings. The number of carbonyl (C=O) groups is 1. The van der Waals surface area contributed by atoms with E-state index in [4.69, 9.17) is 9.47 Å².